The van der Waals surface area contributed by atoms with Crippen molar-refractivity contribution in [3.8, 4) is 0 Å². The van der Waals surface area contributed by atoms with Crippen LogP contribution < -0.4 is 4.90 Å². The van der Waals surface area contributed by atoms with Gasteiger partial charge >= 0.3 is 5.97 Å². The van der Waals surface area contributed by atoms with Gasteiger partial charge < -0.3 is 9.74 Å². The number of nitrogens with zero attached hydrogens (tertiary/aromatic N) is 2. The van der Waals surface area contributed by atoms with Crippen molar-refractivity contribution in [2.75, 3.05) is 19.0 Å². The van der Waals surface area contributed by atoms with Crippen LogP contribution in [0.4, 0.5) is 5.00 Å². The average Bonchev–Trinajstić information content (AvgIpc) is 2.95. The van der Waals surface area contributed by atoms with Gasteiger partial charge in [0.1, 0.15) is 0 Å². The fourth-order valence-corrected chi connectivity index (χ4v) is 2.75. The van der Waals surface area contributed by atoms with Gasteiger partial charge in [-0.15, -0.1) is 11.3 Å². The van der Waals surface area contributed by atoms with Crippen molar-refractivity contribution in [2.24, 2.45) is 11.1 Å². The molecular formula is C13H14N2O2S. The Hall–Kier alpha value is -1.62. The number of hydrogen-bond donors (Lipinski definition) is 0. The quantitative estimate of drug-likeness (QED) is 0.621. The zero-order chi connectivity index (χ0) is 12.7. The van der Waals surface area contributed by atoms with E-state index in [9.17, 15) is 4.79 Å². The molecule has 2 aliphatic rings. The normalized spacial score (nSPS) is 21.1. The molecule has 18 heavy (non-hydrogen) atoms. The van der Waals surface area contributed by atoms with Crippen LogP contribution in [0.1, 0.15) is 17.7 Å². The zero-order valence-corrected chi connectivity index (χ0v) is 11.2. The maximum absolute atomic E-state index is 11.7. The van der Waals surface area contributed by atoms with E-state index in [1.54, 1.807) is 11.3 Å². The molecule has 1 aromatic heterocycles. The van der Waals surface area contributed by atoms with E-state index < -0.39 is 0 Å². The second-order valence-electron chi connectivity index (χ2n) is 4.76. The highest BCUT2D eigenvalue weighted by Gasteiger charge is 2.37. The summed E-state index contributed by atoms with van der Waals surface area (Å²) in [5.41, 5.74) is 1.46. The van der Waals surface area contributed by atoms with Crippen LogP contribution in [0.25, 0.3) is 6.08 Å². The summed E-state index contributed by atoms with van der Waals surface area (Å²) in [6, 6.07) is 4.06. The molecule has 1 aliphatic heterocycles. The molecule has 1 fully saturated rings. The van der Waals surface area contributed by atoms with Crippen molar-refractivity contribution < 1.29 is 9.63 Å². The third kappa shape index (κ3) is 2.06. The monoisotopic (exact) mass is 262 g/mol. The Morgan fingerprint density at radius 2 is 2.22 bits per heavy atom. The molecule has 1 saturated carbocycles. The molecule has 2 heterocycles. The van der Waals surface area contributed by atoms with Gasteiger partial charge in [0.2, 0.25) is 0 Å². The summed E-state index contributed by atoms with van der Waals surface area (Å²) in [5, 5.41) is 5.06. The Morgan fingerprint density at radius 3 is 2.83 bits per heavy atom. The van der Waals surface area contributed by atoms with Crippen molar-refractivity contribution in [1.82, 2.24) is 0 Å². The van der Waals surface area contributed by atoms with E-state index >= 15 is 0 Å². The largest absolute Gasteiger partial charge is 0.370 e. The standard InChI is InChI=1S/C13H14N2O2S/c1-15(2)11-6-5-9(18-11)7-10-12(8-3-4-8)14-17-13(10)16/h5-8H,3-4H2,1-2H3/b10-7-. The highest BCUT2D eigenvalue weighted by Crippen LogP contribution is 2.37. The number of hydrogen-bond acceptors (Lipinski definition) is 5. The van der Waals surface area contributed by atoms with Gasteiger partial charge in [-0.25, -0.2) is 4.79 Å². The predicted octanol–water partition coefficient (Wildman–Crippen LogP) is 2.52. The SMILES string of the molecule is CN(C)c1ccc(/C=C2\C(=O)ON=C2C2CC2)s1. The van der Waals surface area contributed by atoms with Crippen LogP contribution in [0.15, 0.2) is 22.9 Å². The molecule has 0 atom stereocenters. The van der Waals surface area contributed by atoms with Crippen LogP contribution in [0.3, 0.4) is 0 Å². The molecule has 0 aromatic carbocycles. The van der Waals surface area contributed by atoms with Gasteiger partial charge in [-0.3, -0.25) is 0 Å². The lowest BCUT2D eigenvalue weighted by atomic mass is 10.1. The molecule has 1 aliphatic carbocycles. The van der Waals surface area contributed by atoms with Crippen LogP contribution in [0, 0.1) is 5.92 Å². The Kier molecular flexibility index (Phi) is 2.70. The third-order valence-corrected chi connectivity index (χ3v) is 4.23. The molecule has 0 saturated heterocycles. The minimum absolute atomic E-state index is 0.322. The first-order chi connectivity index (χ1) is 8.65. The van der Waals surface area contributed by atoms with Gasteiger partial charge in [0.05, 0.1) is 16.3 Å². The number of oxime groups is 1. The van der Waals surface area contributed by atoms with E-state index in [1.807, 2.05) is 32.3 Å². The third-order valence-electron chi connectivity index (χ3n) is 3.03. The smallest absolute Gasteiger partial charge is 0.367 e. The molecule has 0 unspecified atom stereocenters. The van der Waals surface area contributed by atoms with Gasteiger partial charge in [-0.05, 0) is 31.1 Å². The molecule has 1 aromatic rings. The molecule has 4 nitrogen and oxygen atoms in total. The van der Waals surface area contributed by atoms with Crippen molar-refractivity contribution in [3.05, 3.63) is 22.6 Å². The fourth-order valence-electron chi connectivity index (χ4n) is 1.88. The summed E-state index contributed by atoms with van der Waals surface area (Å²) in [4.78, 5) is 19.5. The van der Waals surface area contributed by atoms with Crippen molar-refractivity contribution in [1.29, 1.82) is 0 Å². The van der Waals surface area contributed by atoms with E-state index in [0.717, 1.165) is 28.4 Å². The molecule has 0 amide bonds. The Balaban J connectivity index is 1.89. The molecule has 94 valence electrons. The highest BCUT2D eigenvalue weighted by molar-refractivity contribution is 7.17. The number of thiophene rings is 1. The maximum Gasteiger partial charge on any atom is 0.367 e. The van der Waals surface area contributed by atoms with Crippen molar-refractivity contribution in [3.63, 3.8) is 0 Å². The Morgan fingerprint density at radius 1 is 1.44 bits per heavy atom. The van der Waals surface area contributed by atoms with Gasteiger partial charge in [-0.1, -0.05) is 5.16 Å². The summed E-state index contributed by atoms with van der Waals surface area (Å²) in [6.07, 6.45) is 4.12. The second-order valence-corrected chi connectivity index (χ2v) is 5.85. The first-order valence-corrected chi connectivity index (χ1v) is 6.75. The van der Waals surface area contributed by atoms with Crippen LogP contribution in [-0.4, -0.2) is 25.8 Å². The van der Waals surface area contributed by atoms with Gasteiger partial charge in [0.15, 0.2) is 0 Å². The summed E-state index contributed by atoms with van der Waals surface area (Å²) in [5.74, 6) is 0.104. The van der Waals surface area contributed by atoms with Gasteiger partial charge in [0, 0.05) is 24.9 Å². The van der Waals surface area contributed by atoms with Crippen molar-refractivity contribution in [2.45, 2.75) is 12.8 Å². The van der Waals surface area contributed by atoms with Crippen LogP contribution in [0.2, 0.25) is 0 Å². The fraction of sp³-hybridized carbons (Fsp3) is 0.385. The molecule has 3 rings (SSSR count). The zero-order valence-electron chi connectivity index (χ0n) is 10.3. The Bertz CT molecular complexity index is 553. The minimum Gasteiger partial charge on any atom is -0.370 e. The second kappa shape index (κ2) is 4.24. The van der Waals surface area contributed by atoms with Gasteiger partial charge in [0.25, 0.3) is 0 Å². The van der Waals surface area contributed by atoms with Crippen molar-refractivity contribution >= 4 is 34.1 Å². The number of anilines is 1. The minimum atomic E-state index is -0.322. The first kappa shape index (κ1) is 11.5. The summed E-state index contributed by atoms with van der Waals surface area (Å²) in [7, 11) is 4.01. The molecular weight excluding hydrogens is 248 g/mol. The van der Waals surface area contributed by atoms with Crippen LogP contribution >= 0.6 is 11.3 Å². The van der Waals surface area contributed by atoms with E-state index in [2.05, 4.69) is 10.1 Å². The summed E-state index contributed by atoms with van der Waals surface area (Å²) in [6.45, 7) is 0. The highest BCUT2D eigenvalue weighted by atomic mass is 32.1. The lowest BCUT2D eigenvalue weighted by Gasteiger charge is -2.06. The average molecular weight is 262 g/mol. The van der Waals surface area contributed by atoms with E-state index in [4.69, 9.17) is 4.84 Å². The predicted molar refractivity (Wildman–Crippen MR) is 72.9 cm³/mol. The van der Waals surface area contributed by atoms with Gasteiger partial charge in [-0.2, -0.15) is 0 Å². The van der Waals surface area contributed by atoms with E-state index in [1.165, 1.54) is 0 Å². The van der Waals surface area contributed by atoms with E-state index in [0.29, 0.717) is 11.5 Å². The number of rotatable bonds is 3. The Labute approximate surface area is 110 Å². The molecule has 0 radical (unpaired) electrons. The number of carbonyl (C=O) groups excluding carboxylic acids is 1. The maximum atomic E-state index is 11.7. The first-order valence-electron chi connectivity index (χ1n) is 5.93. The summed E-state index contributed by atoms with van der Waals surface area (Å²) >= 11 is 1.65. The summed E-state index contributed by atoms with van der Waals surface area (Å²) < 4.78 is 0. The molecule has 0 spiro atoms. The van der Waals surface area contributed by atoms with Crippen LogP contribution in [-0.2, 0) is 9.63 Å². The van der Waals surface area contributed by atoms with Crippen LogP contribution in [0.5, 0.6) is 0 Å². The topological polar surface area (TPSA) is 41.9 Å². The number of carbonyl (C=O) groups is 1. The molecule has 0 N–H and O–H groups in total. The molecule has 0 bridgehead atoms. The van der Waals surface area contributed by atoms with E-state index in [-0.39, 0.29) is 5.97 Å². The lowest BCUT2D eigenvalue weighted by molar-refractivity contribution is -0.136. The lowest BCUT2D eigenvalue weighted by Crippen LogP contribution is -2.06. The molecule has 5 heteroatoms.